The van der Waals surface area contributed by atoms with E-state index in [0.29, 0.717) is 30.8 Å². The first-order chi connectivity index (χ1) is 12.2. The molecule has 1 amide bonds. The van der Waals surface area contributed by atoms with Gasteiger partial charge >= 0.3 is 0 Å². The van der Waals surface area contributed by atoms with Crippen molar-refractivity contribution in [2.24, 2.45) is 18.9 Å². The van der Waals surface area contributed by atoms with E-state index in [9.17, 15) is 4.79 Å². The number of aromatic nitrogens is 3. The molecular formula is C19H24N4O2. The monoisotopic (exact) mass is 340 g/mol. The summed E-state index contributed by atoms with van der Waals surface area (Å²) in [5.41, 5.74) is 1.31. The number of rotatable bonds is 6. The molecule has 4 atom stereocenters. The highest BCUT2D eigenvalue weighted by atomic mass is 16.5. The van der Waals surface area contributed by atoms with E-state index in [4.69, 9.17) is 4.74 Å². The first-order valence-corrected chi connectivity index (χ1v) is 9.00. The third kappa shape index (κ3) is 3.31. The van der Waals surface area contributed by atoms with E-state index < -0.39 is 0 Å². The second-order valence-corrected chi connectivity index (χ2v) is 7.09. The van der Waals surface area contributed by atoms with Crippen molar-refractivity contribution in [3.05, 3.63) is 48.0 Å². The van der Waals surface area contributed by atoms with Crippen LogP contribution in [-0.2, 0) is 29.4 Å². The van der Waals surface area contributed by atoms with E-state index >= 15 is 0 Å². The number of hydrogen-bond donors (Lipinski definition) is 1. The Kier molecular flexibility index (Phi) is 4.53. The molecule has 1 aliphatic heterocycles. The summed E-state index contributed by atoms with van der Waals surface area (Å²) in [6, 6.07) is 10.7. The molecule has 0 radical (unpaired) electrons. The number of amides is 1. The van der Waals surface area contributed by atoms with E-state index in [1.165, 1.54) is 5.56 Å². The lowest BCUT2D eigenvalue weighted by Crippen LogP contribution is -2.62. The van der Waals surface area contributed by atoms with Crippen LogP contribution in [0.15, 0.2) is 36.7 Å². The van der Waals surface area contributed by atoms with E-state index in [0.717, 1.165) is 25.3 Å². The van der Waals surface area contributed by atoms with Crippen LogP contribution in [0.1, 0.15) is 24.2 Å². The van der Waals surface area contributed by atoms with Gasteiger partial charge in [0, 0.05) is 44.4 Å². The molecule has 1 aromatic heterocycles. The van der Waals surface area contributed by atoms with Crippen LogP contribution in [0.25, 0.3) is 0 Å². The molecule has 0 spiro atoms. The number of carbonyl (C=O) groups is 1. The SMILES string of the molecule is Cn1cnnc1CCC(=O)N[C@@H]1[C@@H](Cc2ccccc2)[C@H]2OCC[C@@H]12. The van der Waals surface area contributed by atoms with Crippen LogP contribution in [0.2, 0.25) is 0 Å². The number of aryl methyl sites for hydroxylation is 2. The van der Waals surface area contributed by atoms with Gasteiger partial charge in [-0.05, 0) is 18.4 Å². The highest BCUT2D eigenvalue weighted by Crippen LogP contribution is 2.45. The van der Waals surface area contributed by atoms with Gasteiger partial charge in [0.15, 0.2) is 0 Å². The average molecular weight is 340 g/mol. The van der Waals surface area contributed by atoms with Crippen molar-refractivity contribution in [2.45, 2.75) is 37.8 Å². The highest BCUT2D eigenvalue weighted by molar-refractivity contribution is 5.76. The molecule has 1 aromatic carbocycles. The summed E-state index contributed by atoms with van der Waals surface area (Å²) in [6.45, 7) is 0.811. The van der Waals surface area contributed by atoms with Gasteiger partial charge in [0.25, 0.3) is 0 Å². The maximum atomic E-state index is 12.4. The number of fused-ring (bicyclic) bond motifs is 1. The van der Waals surface area contributed by atoms with Gasteiger partial charge in [0.2, 0.25) is 5.91 Å². The molecule has 0 unspecified atom stereocenters. The van der Waals surface area contributed by atoms with Crippen LogP contribution >= 0.6 is 0 Å². The number of ether oxygens (including phenoxy) is 1. The lowest BCUT2D eigenvalue weighted by molar-refractivity contribution is -0.127. The molecule has 0 bridgehead atoms. The lowest BCUT2D eigenvalue weighted by Gasteiger charge is -2.48. The largest absolute Gasteiger partial charge is 0.377 e. The van der Waals surface area contributed by atoms with Gasteiger partial charge in [0.1, 0.15) is 12.2 Å². The molecular weight excluding hydrogens is 316 g/mol. The first kappa shape index (κ1) is 16.3. The number of nitrogens with zero attached hydrogens (tertiary/aromatic N) is 3. The topological polar surface area (TPSA) is 69.0 Å². The Bertz CT molecular complexity index is 730. The molecule has 1 saturated heterocycles. The number of benzene rings is 1. The van der Waals surface area contributed by atoms with Crippen LogP contribution in [0.3, 0.4) is 0 Å². The summed E-state index contributed by atoms with van der Waals surface area (Å²) in [7, 11) is 1.90. The van der Waals surface area contributed by atoms with E-state index in [1.807, 2.05) is 17.7 Å². The fourth-order valence-corrected chi connectivity index (χ4v) is 4.19. The van der Waals surface area contributed by atoms with Gasteiger partial charge in [-0.25, -0.2) is 0 Å². The van der Waals surface area contributed by atoms with Gasteiger partial charge in [0.05, 0.1) is 6.10 Å². The Labute approximate surface area is 147 Å². The third-order valence-corrected chi connectivity index (χ3v) is 5.55. The standard InChI is InChI=1S/C19H24N4O2/c1-23-12-20-22-16(23)7-8-17(24)21-18-14-9-10-25-19(14)15(18)11-13-5-3-2-4-6-13/h2-6,12,14-15,18-19H,7-11H2,1H3,(H,21,24)/t14-,15+,18-,19-/m0/s1. The molecule has 132 valence electrons. The second-order valence-electron chi connectivity index (χ2n) is 7.09. The molecule has 4 rings (SSSR count). The fraction of sp³-hybridized carbons (Fsp3) is 0.526. The molecule has 2 fully saturated rings. The summed E-state index contributed by atoms with van der Waals surface area (Å²) in [4.78, 5) is 12.4. The summed E-state index contributed by atoms with van der Waals surface area (Å²) < 4.78 is 7.77. The zero-order chi connectivity index (χ0) is 17.2. The molecule has 6 nitrogen and oxygen atoms in total. The normalized spacial score (nSPS) is 27.6. The lowest BCUT2D eigenvalue weighted by atomic mass is 9.64. The van der Waals surface area contributed by atoms with E-state index in [-0.39, 0.29) is 11.9 Å². The third-order valence-electron chi connectivity index (χ3n) is 5.55. The quantitative estimate of drug-likeness (QED) is 0.865. The second kappa shape index (κ2) is 6.96. The Morgan fingerprint density at radius 3 is 2.96 bits per heavy atom. The van der Waals surface area contributed by atoms with Crippen LogP contribution in [0, 0.1) is 11.8 Å². The number of carbonyl (C=O) groups excluding carboxylic acids is 1. The van der Waals surface area contributed by atoms with E-state index in [1.54, 1.807) is 6.33 Å². The van der Waals surface area contributed by atoms with Crippen molar-refractivity contribution in [1.29, 1.82) is 0 Å². The van der Waals surface area contributed by atoms with Crippen LogP contribution in [0.4, 0.5) is 0 Å². The highest BCUT2D eigenvalue weighted by Gasteiger charge is 2.53. The predicted octanol–water partition coefficient (Wildman–Crippen LogP) is 1.51. The molecule has 2 aliphatic rings. The van der Waals surface area contributed by atoms with Crippen molar-refractivity contribution < 1.29 is 9.53 Å². The Balaban J connectivity index is 1.36. The minimum absolute atomic E-state index is 0.0939. The minimum atomic E-state index is 0.0939. The maximum Gasteiger partial charge on any atom is 0.220 e. The van der Waals surface area contributed by atoms with Crippen molar-refractivity contribution in [1.82, 2.24) is 20.1 Å². The van der Waals surface area contributed by atoms with Crippen LogP contribution in [0.5, 0.6) is 0 Å². The predicted molar refractivity (Wildman–Crippen MR) is 92.7 cm³/mol. The Morgan fingerprint density at radius 1 is 1.36 bits per heavy atom. The summed E-state index contributed by atoms with van der Waals surface area (Å²) >= 11 is 0. The van der Waals surface area contributed by atoms with Gasteiger partial charge in [-0.15, -0.1) is 10.2 Å². The van der Waals surface area contributed by atoms with Crippen molar-refractivity contribution >= 4 is 5.91 Å². The van der Waals surface area contributed by atoms with E-state index in [2.05, 4.69) is 39.8 Å². The van der Waals surface area contributed by atoms with Gasteiger partial charge < -0.3 is 14.6 Å². The average Bonchev–Trinajstić information content (AvgIpc) is 3.23. The van der Waals surface area contributed by atoms with Crippen molar-refractivity contribution in [3.63, 3.8) is 0 Å². The summed E-state index contributed by atoms with van der Waals surface area (Å²) in [5.74, 6) is 1.77. The molecule has 1 aliphatic carbocycles. The molecule has 2 aromatic rings. The maximum absolute atomic E-state index is 12.4. The fourth-order valence-electron chi connectivity index (χ4n) is 4.19. The Morgan fingerprint density at radius 2 is 2.20 bits per heavy atom. The summed E-state index contributed by atoms with van der Waals surface area (Å²) in [5, 5.41) is 11.2. The number of hydrogen-bond acceptors (Lipinski definition) is 4. The number of nitrogens with one attached hydrogen (secondary N) is 1. The van der Waals surface area contributed by atoms with Crippen molar-refractivity contribution in [3.8, 4) is 0 Å². The smallest absolute Gasteiger partial charge is 0.220 e. The van der Waals surface area contributed by atoms with Gasteiger partial charge in [-0.2, -0.15) is 0 Å². The molecule has 25 heavy (non-hydrogen) atoms. The molecule has 6 heteroatoms. The minimum Gasteiger partial charge on any atom is -0.377 e. The van der Waals surface area contributed by atoms with Gasteiger partial charge in [-0.3, -0.25) is 4.79 Å². The zero-order valence-electron chi connectivity index (χ0n) is 14.5. The first-order valence-electron chi connectivity index (χ1n) is 9.00. The Hall–Kier alpha value is -2.21. The molecule has 1 saturated carbocycles. The van der Waals surface area contributed by atoms with Gasteiger partial charge in [-0.1, -0.05) is 30.3 Å². The summed E-state index contributed by atoms with van der Waals surface area (Å²) in [6.07, 6.45) is 5.02. The molecule has 1 N–H and O–H groups in total. The zero-order valence-corrected chi connectivity index (χ0v) is 14.5. The van der Waals surface area contributed by atoms with Crippen LogP contribution in [-0.4, -0.2) is 39.4 Å². The van der Waals surface area contributed by atoms with Crippen molar-refractivity contribution in [2.75, 3.05) is 6.61 Å². The van der Waals surface area contributed by atoms with Crippen LogP contribution < -0.4 is 5.32 Å². The molecule has 2 heterocycles.